The van der Waals surface area contributed by atoms with Crippen molar-refractivity contribution < 1.29 is 4.79 Å². The van der Waals surface area contributed by atoms with Crippen molar-refractivity contribution in [2.75, 3.05) is 5.32 Å². The highest BCUT2D eigenvalue weighted by Crippen LogP contribution is 2.16. The van der Waals surface area contributed by atoms with E-state index in [9.17, 15) is 4.79 Å². The number of benzene rings is 1. The van der Waals surface area contributed by atoms with Crippen LogP contribution < -0.4 is 5.32 Å². The summed E-state index contributed by atoms with van der Waals surface area (Å²) in [6.45, 7) is 8.00. The molecule has 0 radical (unpaired) electrons. The molecule has 1 atom stereocenters. The first-order valence-electron chi connectivity index (χ1n) is 6.85. The number of hydrogen-bond donors (Lipinski definition) is 1. The van der Waals surface area contributed by atoms with E-state index >= 15 is 0 Å². The van der Waals surface area contributed by atoms with Crippen LogP contribution in [0.25, 0.3) is 0 Å². The van der Waals surface area contributed by atoms with Crippen LogP contribution in [0.3, 0.4) is 0 Å². The van der Waals surface area contributed by atoms with Crippen LogP contribution in [0.4, 0.5) is 5.69 Å². The van der Waals surface area contributed by atoms with Crippen LogP contribution in [-0.4, -0.2) is 15.7 Å². The molecular weight excluding hydrogens is 250 g/mol. The van der Waals surface area contributed by atoms with Crippen LogP contribution >= 0.6 is 0 Å². The van der Waals surface area contributed by atoms with Gasteiger partial charge in [0.05, 0.1) is 11.7 Å². The Labute approximate surface area is 119 Å². The second-order valence-electron chi connectivity index (χ2n) is 5.34. The minimum Gasteiger partial charge on any atom is -0.326 e. The summed E-state index contributed by atoms with van der Waals surface area (Å²) in [4.78, 5) is 12.0. The molecule has 2 aromatic rings. The van der Waals surface area contributed by atoms with Gasteiger partial charge in [0.15, 0.2) is 0 Å². The molecule has 0 aliphatic heterocycles. The van der Waals surface area contributed by atoms with E-state index in [0.29, 0.717) is 6.42 Å². The maximum atomic E-state index is 12.0. The molecule has 0 spiro atoms. The van der Waals surface area contributed by atoms with Crippen molar-refractivity contribution >= 4 is 11.6 Å². The average Bonchev–Trinajstić information content (AvgIpc) is 2.71. The van der Waals surface area contributed by atoms with E-state index in [2.05, 4.69) is 10.4 Å². The zero-order valence-corrected chi connectivity index (χ0v) is 12.5. The number of anilines is 1. The maximum Gasteiger partial charge on any atom is 0.226 e. The molecule has 2 rings (SSSR count). The van der Waals surface area contributed by atoms with Crippen LogP contribution in [0.2, 0.25) is 0 Å². The van der Waals surface area contributed by atoms with Crippen molar-refractivity contribution in [3.63, 3.8) is 0 Å². The fraction of sp³-hybridized carbons (Fsp3) is 0.375. The summed E-state index contributed by atoms with van der Waals surface area (Å²) in [7, 11) is 0. The van der Waals surface area contributed by atoms with E-state index in [1.807, 2.05) is 62.7 Å². The third kappa shape index (κ3) is 3.47. The number of hydrogen-bond acceptors (Lipinski definition) is 2. The van der Waals surface area contributed by atoms with Gasteiger partial charge < -0.3 is 5.32 Å². The number of rotatable bonds is 4. The SMILES string of the molecule is Cc1ccc(NC(=O)C[C@H](C)n2nc(C)cc2C)cc1. The number of aryl methyl sites for hydroxylation is 3. The molecule has 1 amide bonds. The van der Waals surface area contributed by atoms with Crippen molar-refractivity contribution in [2.24, 2.45) is 0 Å². The quantitative estimate of drug-likeness (QED) is 0.926. The fourth-order valence-electron chi connectivity index (χ4n) is 2.30. The zero-order chi connectivity index (χ0) is 14.7. The Morgan fingerprint density at radius 1 is 1.25 bits per heavy atom. The molecule has 0 fully saturated rings. The first kappa shape index (κ1) is 14.3. The predicted octanol–water partition coefficient (Wildman–Crippen LogP) is 3.40. The average molecular weight is 271 g/mol. The van der Waals surface area contributed by atoms with E-state index in [1.165, 1.54) is 5.56 Å². The summed E-state index contributed by atoms with van der Waals surface area (Å²) < 4.78 is 1.91. The predicted molar refractivity (Wildman–Crippen MR) is 80.8 cm³/mol. The highest BCUT2D eigenvalue weighted by Gasteiger charge is 2.14. The van der Waals surface area contributed by atoms with Gasteiger partial charge in [-0.2, -0.15) is 5.10 Å². The molecule has 1 aromatic carbocycles. The summed E-state index contributed by atoms with van der Waals surface area (Å²) in [6.07, 6.45) is 0.413. The Balaban J connectivity index is 1.97. The monoisotopic (exact) mass is 271 g/mol. The Morgan fingerprint density at radius 3 is 2.45 bits per heavy atom. The third-order valence-electron chi connectivity index (χ3n) is 3.28. The van der Waals surface area contributed by atoms with Gasteiger partial charge in [-0.15, -0.1) is 0 Å². The minimum absolute atomic E-state index is 0.00825. The molecule has 4 heteroatoms. The summed E-state index contributed by atoms with van der Waals surface area (Å²) in [5, 5.41) is 7.33. The van der Waals surface area contributed by atoms with Crippen LogP contribution in [0, 0.1) is 20.8 Å². The van der Waals surface area contributed by atoms with Crippen molar-refractivity contribution in [1.82, 2.24) is 9.78 Å². The van der Waals surface area contributed by atoms with Gasteiger partial charge in [0.25, 0.3) is 0 Å². The van der Waals surface area contributed by atoms with E-state index in [1.54, 1.807) is 0 Å². The van der Waals surface area contributed by atoms with Gasteiger partial charge in [-0.1, -0.05) is 17.7 Å². The number of amides is 1. The Bertz CT molecular complexity index is 599. The lowest BCUT2D eigenvalue weighted by Crippen LogP contribution is -2.19. The van der Waals surface area contributed by atoms with Gasteiger partial charge >= 0.3 is 0 Å². The lowest BCUT2D eigenvalue weighted by atomic mass is 10.2. The first-order valence-corrected chi connectivity index (χ1v) is 6.85. The van der Waals surface area contributed by atoms with Gasteiger partial charge in [-0.05, 0) is 45.9 Å². The van der Waals surface area contributed by atoms with Crippen molar-refractivity contribution in [3.05, 3.63) is 47.3 Å². The fourth-order valence-corrected chi connectivity index (χ4v) is 2.30. The second-order valence-corrected chi connectivity index (χ2v) is 5.34. The lowest BCUT2D eigenvalue weighted by Gasteiger charge is -2.14. The second kappa shape index (κ2) is 5.90. The molecule has 1 N–H and O–H groups in total. The number of nitrogens with one attached hydrogen (secondary N) is 1. The molecule has 106 valence electrons. The number of aromatic nitrogens is 2. The van der Waals surface area contributed by atoms with Gasteiger partial charge in [-0.3, -0.25) is 9.48 Å². The Kier molecular flexibility index (Phi) is 4.23. The number of carbonyl (C=O) groups excluding carboxylic acids is 1. The lowest BCUT2D eigenvalue weighted by molar-refractivity contribution is -0.116. The van der Waals surface area contributed by atoms with Crippen LogP contribution in [0.1, 0.15) is 36.3 Å². The topological polar surface area (TPSA) is 46.9 Å². The standard InChI is InChI=1S/C16H21N3O/c1-11-5-7-15(8-6-11)17-16(20)10-14(4)19-13(3)9-12(2)18-19/h5-9,14H,10H2,1-4H3,(H,17,20)/t14-/m0/s1. The normalized spacial score (nSPS) is 12.2. The zero-order valence-electron chi connectivity index (χ0n) is 12.5. The van der Waals surface area contributed by atoms with Crippen molar-refractivity contribution in [3.8, 4) is 0 Å². The smallest absolute Gasteiger partial charge is 0.226 e. The molecule has 1 aromatic heterocycles. The number of nitrogens with zero attached hydrogens (tertiary/aromatic N) is 2. The molecule has 4 nitrogen and oxygen atoms in total. The largest absolute Gasteiger partial charge is 0.326 e. The Hall–Kier alpha value is -2.10. The molecule has 20 heavy (non-hydrogen) atoms. The van der Waals surface area contributed by atoms with Crippen molar-refractivity contribution in [2.45, 2.75) is 40.2 Å². The molecule has 1 heterocycles. The molecule has 0 aliphatic carbocycles. The van der Waals surface area contributed by atoms with Crippen LogP contribution in [0.15, 0.2) is 30.3 Å². The summed E-state index contributed by atoms with van der Waals surface area (Å²) in [5.74, 6) is 0.00825. The third-order valence-corrected chi connectivity index (χ3v) is 3.28. The molecule has 0 unspecified atom stereocenters. The van der Waals surface area contributed by atoms with E-state index in [4.69, 9.17) is 0 Å². The molecular formula is C16H21N3O. The van der Waals surface area contributed by atoms with Gasteiger partial charge in [0.1, 0.15) is 0 Å². The van der Waals surface area contributed by atoms with Crippen molar-refractivity contribution in [1.29, 1.82) is 0 Å². The highest BCUT2D eigenvalue weighted by atomic mass is 16.1. The van der Waals surface area contributed by atoms with E-state index in [0.717, 1.165) is 17.1 Å². The molecule has 0 bridgehead atoms. The summed E-state index contributed by atoms with van der Waals surface area (Å²) in [6, 6.07) is 9.88. The minimum atomic E-state index is 0.00825. The Morgan fingerprint density at radius 2 is 1.90 bits per heavy atom. The van der Waals surface area contributed by atoms with Gasteiger partial charge in [-0.25, -0.2) is 0 Å². The maximum absolute atomic E-state index is 12.0. The number of carbonyl (C=O) groups is 1. The molecule has 0 aliphatic rings. The summed E-state index contributed by atoms with van der Waals surface area (Å²) >= 11 is 0. The highest BCUT2D eigenvalue weighted by molar-refractivity contribution is 5.90. The van der Waals surface area contributed by atoms with Gasteiger partial charge in [0, 0.05) is 17.8 Å². The van der Waals surface area contributed by atoms with E-state index in [-0.39, 0.29) is 11.9 Å². The first-order chi connectivity index (χ1) is 9.45. The molecule has 0 saturated carbocycles. The van der Waals surface area contributed by atoms with Crippen LogP contribution in [0.5, 0.6) is 0 Å². The van der Waals surface area contributed by atoms with E-state index < -0.39 is 0 Å². The summed E-state index contributed by atoms with van der Waals surface area (Å²) in [5.41, 5.74) is 4.08. The molecule has 0 saturated heterocycles. The van der Waals surface area contributed by atoms with Gasteiger partial charge in [0.2, 0.25) is 5.91 Å². The van der Waals surface area contributed by atoms with Crippen LogP contribution in [-0.2, 0) is 4.79 Å².